The Morgan fingerprint density at radius 3 is 2.96 bits per heavy atom. The molecule has 1 atom stereocenters. The molecule has 0 aliphatic carbocycles. The molecule has 3 rings (SSSR count). The molecule has 3 heterocycles. The van der Waals surface area contributed by atoms with E-state index in [2.05, 4.69) is 22.4 Å². The number of hydrogen-bond donors (Lipinski definition) is 1. The molecule has 0 spiro atoms. The first-order valence-corrected chi connectivity index (χ1v) is 9.27. The largest absolute Gasteiger partial charge is 0.359 e. The summed E-state index contributed by atoms with van der Waals surface area (Å²) in [5.74, 6) is 0.786. The van der Waals surface area contributed by atoms with E-state index in [1.54, 1.807) is 11.3 Å². The highest BCUT2D eigenvalue weighted by molar-refractivity contribution is 7.11. The molecule has 0 aromatic carbocycles. The van der Waals surface area contributed by atoms with Gasteiger partial charge in [0.05, 0.1) is 22.4 Å². The summed E-state index contributed by atoms with van der Waals surface area (Å²) in [5, 5.41) is 8.11. The number of carbonyl (C=O) groups is 1. The van der Waals surface area contributed by atoms with Crippen molar-refractivity contribution in [3.8, 4) is 0 Å². The molecule has 0 saturated carbocycles. The standard InChI is InChI=1S/C17H24N4O2S/c1-11-10-15(23-20-11)14-6-5-9-21(14)17(22)18-8-4-7-16-19-12(2)13(3)24-16/h10,14H,4-9H2,1-3H3,(H,18,22). The lowest BCUT2D eigenvalue weighted by molar-refractivity contribution is 0.182. The van der Waals surface area contributed by atoms with Gasteiger partial charge in [0.2, 0.25) is 0 Å². The minimum atomic E-state index is -0.0157. The van der Waals surface area contributed by atoms with Crippen molar-refractivity contribution >= 4 is 17.4 Å². The predicted octanol–water partition coefficient (Wildman–Crippen LogP) is 3.54. The summed E-state index contributed by atoms with van der Waals surface area (Å²) >= 11 is 1.74. The first kappa shape index (κ1) is 17.0. The van der Waals surface area contributed by atoms with Crippen LogP contribution in [-0.4, -0.2) is 34.2 Å². The molecule has 1 N–H and O–H groups in total. The molecule has 0 bridgehead atoms. The number of aryl methyl sites for hydroxylation is 4. The highest BCUT2D eigenvalue weighted by atomic mass is 32.1. The number of thiazole rings is 1. The number of carbonyl (C=O) groups excluding carboxylic acids is 1. The van der Waals surface area contributed by atoms with Crippen LogP contribution in [0.4, 0.5) is 4.79 Å². The Morgan fingerprint density at radius 1 is 1.46 bits per heavy atom. The number of nitrogens with one attached hydrogen (secondary N) is 1. The fourth-order valence-electron chi connectivity index (χ4n) is 3.03. The highest BCUT2D eigenvalue weighted by Crippen LogP contribution is 2.32. The second-order valence-electron chi connectivity index (χ2n) is 6.31. The summed E-state index contributed by atoms with van der Waals surface area (Å²) in [6.45, 7) is 7.46. The van der Waals surface area contributed by atoms with E-state index in [0.717, 1.165) is 54.4 Å². The normalized spacial score (nSPS) is 17.5. The van der Waals surface area contributed by atoms with Gasteiger partial charge in [0, 0.05) is 30.5 Å². The zero-order valence-corrected chi connectivity index (χ0v) is 15.3. The predicted molar refractivity (Wildman–Crippen MR) is 93.2 cm³/mol. The lowest BCUT2D eigenvalue weighted by atomic mass is 10.1. The molecular weight excluding hydrogens is 324 g/mol. The quantitative estimate of drug-likeness (QED) is 0.839. The van der Waals surface area contributed by atoms with Crippen molar-refractivity contribution in [2.24, 2.45) is 0 Å². The smallest absolute Gasteiger partial charge is 0.318 e. The number of hydrogen-bond acceptors (Lipinski definition) is 5. The maximum absolute atomic E-state index is 12.4. The fraction of sp³-hybridized carbons (Fsp3) is 0.588. The average Bonchev–Trinajstić information content (AvgIpc) is 3.25. The van der Waals surface area contributed by atoms with Crippen LogP contribution in [0.15, 0.2) is 10.6 Å². The van der Waals surface area contributed by atoms with Gasteiger partial charge in [-0.25, -0.2) is 9.78 Å². The van der Waals surface area contributed by atoms with Gasteiger partial charge < -0.3 is 14.7 Å². The Kier molecular flexibility index (Phi) is 5.18. The summed E-state index contributed by atoms with van der Waals surface area (Å²) in [4.78, 5) is 20.1. The highest BCUT2D eigenvalue weighted by Gasteiger charge is 2.32. The van der Waals surface area contributed by atoms with Gasteiger partial charge in [-0.15, -0.1) is 11.3 Å². The average molecular weight is 348 g/mol. The lowest BCUT2D eigenvalue weighted by Crippen LogP contribution is -2.39. The summed E-state index contributed by atoms with van der Waals surface area (Å²) in [5.41, 5.74) is 1.97. The van der Waals surface area contributed by atoms with Gasteiger partial charge in [0.15, 0.2) is 5.76 Å². The molecule has 2 aromatic rings. The number of amides is 2. The number of likely N-dealkylation sites (tertiary alicyclic amines) is 1. The maximum atomic E-state index is 12.4. The van der Waals surface area contributed by atoms with E-state index in [9.17, 15) is 4.79 Å². The van der Waals surface area contributed by atoms with Crippen LogP contribution in [0.3, 0.4) is 0 Å². The van der Waals surface area contributed by atoms with Crippen LogP contribution in [-0.2, 0) is 6.42 Å². The van der Waals surface area contributed by atoms with Crippen LogP contribution in [0.25, 0.3) is 0 Å². The van der Waals surface area contributed by atoms with E-state index >= 15 is 0 Å². The first-order valence-electron chi connectivity index (χ1n) is 8.45. The van der Waals surface area contributed by atoms with Crippen molar-refractivity contribution < 1.29 is 9.32 Å². The zero-order valence-electron chi connectivity index (χ0n) is 14.5. The molecule has 0 radical (unpaired) electrons. The first-order chi connectivity index (χ1) is 11.5. The van der Waals surface area contributed by atoms with E-state index in [-0.39, 0.29) is 12.1 Å². The molecule has 6 nitrogen and oxygen atoms in total. The van der Waals surface area contributed by atoms with Crippen molar-refractivity contribution in [1.29, 1.82) is 0 Å². The number of urea groups is 1. The third-order valence-corrected chi connectivity index (χ3v) is 5.54. The van der Waals surface area contributed by atoms with Crippen molar-refractivity contribution in [2.45, 2.75) is 52.5 Å². The summed E-state index contributed by atoms with van der Waals surface area (Å²) in [7, 11) is 0. The van der Waals surface area contributed by atoms with Gasteiger partial charge >= 0.3 is 6.03 Å². The Hall–Kier alpha value is -1.89. The Morgan fingerprint density at radius 2 is 2.29 bits per heavy atom. The summed E-state index contributed by atoms with van der Waals surface area (Å²) in [6, 6.07) is 1.91. The molecule has 24 heavy (non-hydrogen) atoms. The summed E-state index contributed by atoms with van der Waals surface area (Å²) in [6.07, 6.45) is 3.73. The molecule has 1 saturated heterocycles. The minimum Gasteiger partial charge on any atom is -0.359 e. The van der Waals surface area contributed by atoms with Crippen LogP contribution in [0.2, 0.25) is 0 Å². The van der Waals surface area contributed by atoms with Crippen molar-refractivity contribution in [3.05, 3.63) is 33.1 Å². The maximum Gasteiger partial charge on any atom is 0.318 e. The van der Waals surface area contributed by atoms with Gasteiger partial charge in [-0.1, -0.05) is 5.16 Å². The molecular formula is C17H24N4O2S. The van der Waals surface area contributed by atoms with Gasteiger partial charge in [0.25, 0.3) is 0 Å². The minimum absolute atomic E-state index is 0.00969. The fourth-order valence-corrected chi connectivity index (χ4v) is 4.00. The van der Waals surface area contributed by atoms with Crippen LogP contribution in [0.1, 0.15) is 52.3 Å². The molecule has 1 unspecified atom stereocenters. The van der Waals surface area contributed by atoms with E-state index in [4.69, 9.17) is 4.52 Å². The number of rotatable bonds is 5. The van der Waals surface area contributed by atoms with E-state index in [1.807, 2.05) is 24.8 Å². The second kappa shape index (κ2) is 7.34. The molecule has 7 heteroatoms. The Labute approximate surface area is 146 Å². The molecule has 1 aliphatic heterocycles. The number of nitrogens with zero attached hydrogens (tertiary/aromatic N) is 3. The van der Waals surface area contributed by atoms with E-state index < -0.39 is 0 Å². The third kappa shape index (κ3) is 3.77. The Balaban J connectivity index is 1.47. The topological polar surface area (TPSA) is 71.3 Å². The monoisotopic (exact) mass is 348 g/mol. The molecule has 2 amide bonds. The van der Waals surface area contributed by atoms with E-state index in [1.165, 1.54) is 4.88 Å². The van der Waals surface area contributed by atoms with Crippen molar-refractivity contribution in [1.82, 2.24) is 20.4 Å². The SMILES string of the molecule is Cc1cc(C2CCCN2C(=O)NCCCc2nc(C)c(C)s2)on1. The number of aromatic nitrogens is 2. The van der Waals surface area contributed by atoms with Crippen molar-refractivity contribution in [3.63, 3.8) is 0 Å². The van der Waals surface area contributed by atoms with Crippen LogP contribution in [0.5, 0.6) is 0 Å². The van der Waals surface area contributed by atoms with Gasteiger partial charge in [0.1, 0.15) is 0 Å². The van der Waals surface area contributed by atoms with E-state index in [0.29, 0.717) is 6.54 Å². The second-order valence-corrected chi connectivity index (χ2v) is 7.59. The van der Waals surface area contributed by atoms with Crippen LogP contribution < -0.4 is 5.32 Å². The lowest BCUT2D eigenvalue weighted by Gasteiger charge is -2.23. The van der Waals surface area contributed by atoms with Gasteiger partial charge in [-0.3, -0.25) is 0 Å². The van der Waals surface area contributed by atoms with Gasteiger partial charge in [-0.2, -0.15) is 0 Å². The Bertz CT molecular complexity index is 690. The molecule has 1 fully saturated rings. The molecule has 1 aliphatic rings. The zero-order chi connectivity index (χ0) is 17.1. The van der Waals surface area contributed by atoms with Gasteiger partial charge in [-0.05, 0) is 40.0 Å². The van der Waals surface area contributed by atoms with Crippen LogP contribution >= 0.6 is 11.3 Å². The third-order valence-electron chi connectivity index (χ3n) is 4.40. The van der Waals surface area contributed by atoms with Crippen LogP contribution in [0, 0.1) is 20.8 Å². The summed E-state index contributed by atoms with van der Waals surface area (Å²) < 4.78 is 5.35. The molecule has 130 valence electrons. The van der Waals surface area contributed by atoms with Crippen molar-refractivity contribution in [2.75, 3.05) is 13.1 Å². The molecule has 2 aromatic heterocycles.